The van der Waals surface area contributed by atoms with E-state index in [2.05, 4.69) is 4.98 Å². The van der Waals surface area contributed by atoms with Crippen molar-refractivity contribution >= 4 is 23.3 Å². The molecule has 108 valence electrons. The molecule has 2 heterocycles. The first kappa shape index (κ1) is 13.4. The van der Waals surface area contributed by atoms with Gasteiger partial charge in [-0.25, -0.2) is 14.2 Å². The quantitative estimate of drug-likeness (QED) is 0.885. The van der Waals surface area contributed by atoms with E-state index in [1.807, 2.05) is 0 Å². The number of benzene rings is 1. The number of hydrogen-bond acceptors (Lipinski definition) is 5. The minimum Gasteiger partial charge on any atom is -0.476 e. The van der Waals surface area contributed by atoms with Gasteiger partial charge in [0.2, 0.25) is 12.5 Å². The highest BCUT2D eigenvalue weighted by Gasteiger charge is 2.24. The van der Waals surface area contributed by atoms with Gasteiger partial charge in [-0.15, -0.1) is 0 Å². The minimum absolute atomic E-state index is 0.00358. The lowest BCUT2D eigenvalue weighted by Gasteiger charge is -2.09. The second kappa shape index (κ2) is 4.78. The lowest BCUT2D eigenvalue weighted by molar-refractivity contribution is 0.0691. The molecule has 0 radical (unpaired) electrons. The van der Waals surface area contributed by atoms with Crippen molar-refractivity contribution in [2.45, 2.75) is 0 Å². The molecule has 3 N–H and O–H groups in total. The first-order valence-electron chi connectivity index (χ1n) is 5.77. The normalized spacial score (nSPS) is 12.5. The number of nitrogen functional groups attached to an aromatic ring is 1. The number of rotatable bonds is 2. The SMILES string of the molecule is Nc1cc(-c2ccc3c(c2F)OCO3)nc(C(=O)O)c1Cl. The highest BCUT2D eigenvalue weighted by Crippen LogP contribution is 2.40. The number of pyridine rings is 1. The highest BCUT2D eigenvalue weighted by atomic mass is 35.5. The Labute approximate surface area is 122 Å². The zero-order valence-electron chi connectivity index (χ0n) is 10.4. The lowest BCUT2D eigenvalue weighted by Crippen LogP contribution is -2.05. The van der Waals surface area contributed by atoms with Crippen molar-refractivity contribution in [3.05, 3.63) is 34.7 Å². The maximum absolute atomic E-state index is 14.4. The Morgan fingerprint density at radius 2 is 2.19 bits per heavy atom. The van der Waals surface area contributed by atoms with Gasteiger partial charge in [0.25, 0.3) is 0 Å². The van der Waals surface area contributed by atoms with Gasteiger partial charge in [0.1, 0.15) is 0 Å². The van der Waals surface area contributed by atoms with Gasteiger partial charge in [-0.2, -0.15) is 0 Å². The van der Waals surface area contributed by atoms with Crippen molar-refractivity contribution in [1.29, 1.82) is 0 Å². The Morgan fingerprint density at radius 3 is 2.90 bits per heavy atom. The summed E-state index contributed by atoms with van der Waals surface area (Å²) in [6.07, 6.45) is 0. The van der Waals surface area contributed by atoms with Crippen LogP contribution in [-0.2, 0) is 0 Å². The molecule has 0 unspecified atom stereocenters. The van der Waals surface area contributed by atoms with Crippen LogP contribution in [0.2, 0.25) is 5.02 Å². The maximum atomic E-state index is 14.4. The monoisotopic (exact) mass is 310 g/mol. The van der Waals surface area contributed by atoms with Crippen LogP contribution >= 0.6 is 11.6 Å². The van der Waals surface area contributed by atoms with Crippen molar-refractivity contribution in [1.82, 2.24) is 4.98 Å². The molecular weight excluding hydrogens is 303 g/mol. The number of carbonyl (C=O) groups is 1. The molecule has 21 heavy (non-hydrogen) atoms. The third-order valence-electron chi connectivity index (χ3n) is 2.94. The summed E-state index contributed by atoms with van der Waals surface area (Å²) in [5.74, 6) is -1.82. The first-order valence-corrected chi connectivity index (χ1v) is 6.14. The van der Waals surface area contributed by atoms with E-state index in [-0.39, 0.29) is 40.3 Å². The molecule has 3 rings (SSSR count). The number of hydrogen-bond donors (Lipinski definition) is 2. The van der Waals surface area contributed by atoms with Gasteiger partial charge in [-0.3, -0.25) is 0 Å². The largest absolute Gasteiger partial charge is 0.476 e. The van der Waals surface area contributed by atoms with E-state index in [4.69, 9.17) is 31.9 Å². The number of nitrogens with two attached hydrogens (primary N) is 1. The van der Waals surface area contributed by atoms with Crippen LogP contribution in [0, 0.1) is 5.82 Å². The fourth-order valence-corrected chi connectivity index (χ4v) is 2.14. The molecule has 1 aromatic heterocycles. The van der Waals surface area contributed by atoms with Crippen molar-refractivity contribution in [3.8, 4) is 22.8 Å². The van der Waals surface area contributed by atoms with Gasteiger partial charge in [0.05, 0.1) is 16.4 Å². The molecule has 0 fully saturated rings. The van der Waals surface area contributed by atoms with E-state index in [0.717, 1.165) is 0 Å². The third-order valence-corrected chi connectivity index (χ3v) is 3.34. The van der Waals surface area contributed by atoms with Crippen molar-refractivity contribution in [2.75, 3.05) is 12.5 Å². The van der Waals surface area contributed by atoms with E-state index >= 15 is 0 Å². The Kier molecular flexibility index (Phi) is 3.06. The number of aromatic nitrogens is 1. The molecule has 8 heteroatoms. The van der Waals surface area contributed by atoms with E-state index in [1.165, 1.54) is 18.2 Å². The summed E-state index contributed by atoms with van der Waals surface area (Å²) in [6.45, 7) is -0.0771. The van der Waals surface area contributed by atoms with Crippen molar-refractivity contribution in [2.24, 2.45) is 0 Å². The number of nitrogens with zero attached hydrogens (tertiary/aromatic N) is 1. The number of carboxylic acid groups (broad SMARTS) is 1. The molecule has 1 aromatic carbocycles. The minimum atomic E-state index is -1.35. The number of fused-ring (bicyclic) bond motifs is 1. The number of anilines is 1. The maximum Gasteiger partial charge on any atom is 0.356 e. The van der Waals surface area contributed by atoms with Gasteiger partial charge >= 0.3 is 5.97 Å². The summed E-state index contributed by atoms with van der Waals surface area (Å²) in [4.78, 5) is 14.9. The molecule has 2 aromatic rings. The zero-order chi connectivity index (χ0) is 15.1. The molecule has 0 atom stereocenters. The molecule has 0 saturated carbocycles. The van der Waals surface area contributed by atoms with E-state index < -0.39 is 17.5 Å². The number of aromatic carboxylic acids is 1. The van der Waals surface area contributed by atoms with Crippen LogP contribution in [0.1, 0.15) is 10.5 Å². The number of ether oxygens (including phenoxy) is 2. The van der Waals surface area contributed by atoms with Crippen molar-refractivity contribution < 1.29 is 23.8 Å². The summed E-state index contributed by atoms with van der Waals surface area (Å²) in [6, 6.07) is 4.22. The van der Waals surface area contributed by atoms with Crippen LogP contribution in [0.3, 0.4) is 0 Å². The average Bonchev–Trinajstić information content (AvgIpc) is 2.91. The molecule has 0 aliphatic carbocycles. The average molecular weight is 311 g/mol. The second-order valence-corrected chi connectivity index (χ2v) is 4.60. The van der Waals surface area contributed by atoms with Gasteiger partial charge in [0.15, 0.2) is 17.3 Å². The van der Waals surface area contributed by atoms with Crippen LogP contribution in [0.15, 0.2) is 18.2 Å². The molecule has 0 saturated heterocycles. The molecule has 6 nitrogen and oxygen atoms in total. The zero-order valence-corrected chi connectivity index (χ0v) is 11.1. The standard InChI is InChI=1S/C13H8ClFN2O4/c14-9-6(16)3-7(17-11(9)13(18)19)5-1-2-8-12(10(5)15)21-4-20-8/h1-3H,4H2,(H2,16,17)(H,18,19). The van der Waals surface area contributed by atoms with Crippen LogP contribution < -0.4 is 15.2 Å². The highest BCUT2D eigenvalue weighted by molar-refractivity contribution is 6.35. The fourth-order valence-electron chi connectivity index (χ4n) is 1.97. The Hall–Kier alpha value is -2.54. The topological polar surface area (TPSA) is 94.7 Å². The van der Waals surface area contributed by atoms with E-state index in [1.54, 1.807) is 0 Å². The van der Waals surface area contributed by atoms with Crippen LogP contribution in [0.4, 0.5) is 10.1 Å². The van der Waals surface area contributed by atoms with E-state index in [0.29, 0.717) is 0 Å². The van der Waals surface area contributed by atoms with Crippen molar-refractivity contribution in [3.63, 3.8) is 0 Å². The van der Waals surface area contributed by atoms with Gasteiger partial charge in [0, 0.05) is 5.56 Å². The molecular formula is C13H8ClFN2O4. The lowest BCUT2D eigenvalue weighted by atomic mass is 10.1. The third kappa shape index (κ3) is 2.11. The summed E-state index contributed by atoms with van der Waals surface area (Å²) in [7, 11) is 0. The van der Waals surface area contributed by atoms with Gasteiger partial charge < -0.3 is 20.3 Å². The molecule has 1 aliphatic rings. The smallest absolute Gasteiger partial charge is 0.356 e. The molecule has 0 spiro atoms. The Morgan fingerprint density at radius 1 is 1.43 bits per heavy atom. The summed E-state index contributed by atoms with van der Waals surface area (Å²) >= 11 is 5.77. The second-order valence-electron chi connectivity index (χ2n) is 4.23. The van der Waals surface area contributed by atoms with Crippen LogP contribution in [-0.4, -0.2) is 22.9 Å². The predicted octanol–water partition coefficient (Wildman–Crippen LogP) is 2.55. The van der Waals surface area contributed by atoms with Crippen LogP contribution in [0.25, 0.3) is 11.3 Å². The Bertz CT molecular complexity index is 766. The van der Waals surface area contributed by atoms with Gasteiger partial charge in [-0.1, -0.05) is 11.6 Å². The molecule has 0 amide bonds. The molecule has 1 aliphatic heterocycles. The van der Waals surface area contributed by atoms with Crippen LogP contribution in [0.5, 0.6) is 11.5 Å². The summed E-state index contributed by atoms with van der Waals surface area (Å²) < 4.78 is 24.4. The summed E-state index contributed by atoms with van der Waals surface area (Å²) in [5, 5.41) is 8.86. The first-order chi connectivity index (χ1) is 9.99. The predicted molar refractivity (Wildman–Crippen MR) is 72.1 cm³/mol. The van der Waals surface area contributed by atoms with Gasteiger partial charge in [-0.05, 0) is 18.2 Å². The fraction of sp³-hybridized carbons (Fsp3) is 0.0769. The van der Waals surface area contributed by atoms with E-state index in [9.17, 15) is 9.18 Å². The number of halogens is 2. The molecule has 0 bridgehead atoms. The Balaban J connectivity index is 2.20. The number of carboxylic acids is 1. The summed E-state index contributed by atoms with van der Waals surface area (Å²) in [5.41, 5.74) is 5.29.